The zero-order valence-electron chi connectivity index (χ0n) is 24.7. The van der Waals surface area contributed by atoms with Gasteiger partial charge in [0.15, 0.2) is 0 Å². The molecule has 3 N–H and O–H groups in total. The lowest BCUT2D eigenvalue weighted by Crippen LogP contribution is -2.30. The predicted molar refractivity (Wildman–Crippen MR) is 184 cm³/mol. The lowest BCUT2D eigenvalue weighted by molar-refractivity contribution is -0.114. The Labute approximate surface area is 274 Å². The van der Waals surface area contributed by atoms with E-state index in [0.717, 1.165) is 16.0 Å². The van der Waals surface area contributed by atoms with Crippen LogP contribution in [0.5, 0.6) is 5.75 Å². The Bertz CT molecular complexity index is 1920. The number of hydrogen-bond acceptors (Lipinski definition) is 7. The summed E-state index contributed by atoms with van der Waals surface area (Å²) in [6.45, 7) is 0. The number of nitrogens with zero attached hydrogens (tertiary/aromatic N) is 1. The molecule has 0 aliphatic carbocycles. The van der Waals surface area contributed by atoms with Gasteiger partial charge < -0.3 is 20.7 Å². The molecule has 3 amide bonds. The molecule has 228 valence electrons. The number of hydrogen-bond donors (Lipinski definition) is 3. The Hall–Kier alpha value is -5.63. The number of thioether (sulfide) groups is 1. The van der Waals surface area contributed by atoms with Gasteiger partial charge in [-0.3, -0.25) is 14.4 Å². The van der Waals surface area contributed by atoms with Crippen molar-refractivity contribution in [3.63, 3.8) is 0 Å². The van der Waals surface area contributed by atoms with Crippen molar-refractivity contribution < 1.29 is 19.1 Å². The molecule has 0 atom stereocenters. The molecule has 1 heterocycles. The number of carbonyl (C=O) groups is 3. The van der Waals surface area contributed by atoms with Gasteiger partial charge in [-0.25, -0.2) is 0 Å². The van der Waals surface area contributed by atoms with Crippen molar-refractivity contribution in [3.8, 4) is 22.9 Å². The number of benzene rings is 4. The van der Waals surface area contributed by atoms with E-state index in [1.165, 1.54) is 23.1 Å². The van der Waals surface area contributed by atoms with Gasteiger partial charge in [0.05, 0.1) is 18.4 Å². The van der Waals surface area contributed by atoms with Crippen LogP contribution < -0.4 is 20.7 Å². The standard InChI is InChI=1S/C36H28N4O4S2/c1-44-28-17-15-24(16-18-28)19-32(39-34(42)26-11-6-3-7-12-26)35(43)38-27-13-8-14-29(20-27)45-23-33(41)40-36-30(21-37)31(22-46-36)25-9-4-2-5-10-25/h2-20,22H,23H2,1H3,(H,38,43)(H,39,42)(H,40,41)/b32-19+. The largest absolute Gasteiger partial charge is 0.497 e. The fraction of sp³-hybridized carbons (Fsp3) is 0.0556. The number of carbonyl (C=O) groups excluding carboxylic acids is 3. The Balaban J connectivity index is 1.25. The van der Waals surface area contributed by atoms with E-state index in [-0.39, 0.29) is 17.4 Å². The number of nitrogens with one attached hydrogen (secondary N) is 3. The van der Waals surface area contributed by atoms with Gasteiger partial charge in [-0.15, -0.1) is 23.1 Å². The molecule has 0 spiro atoms. The molecule has 1 aromatic heterocycles. The molecule has 0 saturated carbocycles. The number of amides is 3. The molecule has 0 bridgehead atoms. The van der Waals surface area contributed by atoms with E-state index >= 15 is 0 Å². The average molecular weight is 645 g/mol. The van der Waals surface area contributed by atoms with Crippen molar-refractivity contribution in [1.29, 1.82) is 5.26 Å². The Morgan fingerprint density at radius 3 is 2.30 bits per heavy atom. The van der Waals surface area contributed by atoms with Crippen LogP contribution in [-0.2, 0) is 9.59 Å². The van der Waals surface area contributed by atoms with Crippen LogP contribution in [0.1, 0.15) is 21.5 Å². The van der Waals surface area contributed by atoms with Crippen LogP contribution >= 0.6 is 23.1 Å². The van der Waals surface area contributed by atoms with Crippen LogP contribution in [0.15, 0.2) is 125 Å². The van der Waals surface area contributed by atoms with E-state index in [9.17, 15) is 19.6 Å². The number of rotatable bonds is 11. The molecule has 10 heteroatoms. The lowest BCUT2D eigenvalue weighted by Gasteiger charge is -2.12. The third-order valence-corrected chi connectivity index (χ3v) is 8.55. The molecule has 0 aliphatic heterocycles. The minimum absolute atomic E-state index is 0.0515. The molecule has 0 aliphatic rings. The maximum atomic E-state index is 13.4. The summed E-state index contributed by atoms with van der Waals surface area (Å²) in [6.07, 6.45) is 1.59. The lowest BCUT2D eigenvalue weighted by atomic mass is 10.1. The SMILES string of the molecule is COc1ccc(/C=C(/NC(=O)c2ccccc2)C(=O)Nc2cccc(SCC(=O)Nc3scc(-c4ccccc4)c3C#N)c2)cc1. The highest BCUT2D eigenvalue weighted by molar-refractivity contribution is 8.00. The van der Waals surface area contributed by atoms with Crippen molar-refractivity contribution >= 4 is 57.6 Å². The molecule has 0 unspecified atom stereocenters. The second-order valence-corrected chi connectivity index (χ2v) is 11.7. The molecule has 5 rings (SSSR count). The van der Waals surface area contributed by atoms with Crippen LogP contribution in [-0.4, -0.2) is 30.6 Å². The highest BCUT2D eigenvalue weighted by Crippen LogP contribution is 2.35. The smallest absolute Gasteiger partial charge is 0.272 e. The summed E-state index contributed by atoms with van der Waals surface area (Å²) in [5.74, 6) is -0.442. The summed E-state index contributed by atoms with van der Waals surface area (Å²) in [7, 11) is 1.57. The first kappa shape index (κ1) is 31.8. The van der Waals surface area contributed by atoms with Gasteiger partial charge >= 0.3 is 0 Å². The molecule has 8 nitrogen and oxygen atoms in total. The summed E-state index contributed by atoms with van der Waals surface area (Å²) in [5, 5.41) is 20.6. The Kier molecular flexibility index (Phi) is 10.6. The summed E-state index contributed by atoms with van der Waals surface area (Å²) in [6, 6.07) is 34.5. The van der Waals surface area contributed by atoms with Crippen LogP contribution in [0.3, 0.4) is 0 Å². The van der Waals surface area contributed by atoms with E-state index in [0.29, 0.717) is 33.1 Å². The number of nitriles is 1. The van der Waals surface area contributed by atoms with Gasteiger partial charge in [0.2, 0.25) is 5.91 Å². The first-order valence-electron chi connectivity index (χ1n) is 14.1. The monoisotopic (exact) mass is 644 g/mol. The van der Waals surface area contributed by atoms with E-state index in [1.54, 1.807) is 86.0 Å². The fourth-order valence-corrected chi connectivity index (χ4v) is 6.06. The van der Waals surface area contributed by atoms with E-state index in [1.807, 2.05) is 41.8 Å². The number of ether oxygens (including phenoxy) is 1. The summed E-state index contributed by atoms with van der Waals surface area (Å²) >= 11 is 2.60. The second kappa shape index (κ2) is 15.4. The number of methoxy groups -OCH3 is 1. The second-order valence-electron chi connectivity index (χ2n) is 9.80. The van der Waals surface area contributed by atoms with Crippen LogP contribution in [0.2, 0.25) is 0 Å². The third-order valence-electron chi connectivity index (χ3n) is 6.66. The molecular formula is C36H28N4O4S2. The minimum atomic E-state index is -0.518. The molecular weight excluding hydrogens is 617 g/mol. The number of anilines is 2. The van der Waals surface area contributed by atoms with Gasteiger partial charge in [-0.1, -0.05) is 66.7 Å². The topological polar surface area (TPSA) is 120 Å². The normalized spacial score (nSPS) is 10.8. The predicted octanol–water partition coefficient (Wildman–Crippen LogP) is 7.44. The summed E-state index contributed by atoms with van der Waals surface area (Å²) < 4.78 is 5.22. The van der Waals surface area contributed by atoms with Gasteiger partial charge in [0, 0.05) is 27.1 Å². The molecule has 0 fully saturated rings. The highest BCUT2D eigenvalue weighted by Gasteiger charge is 2.17. The summed E-state index contributed by atoms with van der Waals surface area (Å²) in [5.41, 5.74) is 3.75. The van der Waals surface area contributed by atoms with Crippen molar-refractivity contribution in [1.82, 2.24) is 5.32 Å². The van der Waals surface area contributed by atoms with Crippen LogP contribution in [0.25, 0.3) is 17.2 Å². The summed E-state index contributed by atoms with van der Waals surface area (Å²) in [4.78, 5) is 40.0. The molecule has 4 aromatic carbocycles. The molecule has 0 saturated heterocycles. The van der Waals surface area contributed by atoms with Crippen LogP contribution in [0, 0.1) is 11.3 Å². The van der Waals surface area contributed by atoms with Gasteiger partial charge in [0.1, 0.15) is 22.5 Å². The van der Waals surface area contributed by atoms with Gasteiger partial charge in [0.25, 0.3) is 11.8 Å². The quantitative estimate of drug-likeness (QED) is 0.102. The first-order valence-corrected chi connectivity index (χ1v) is 15.9. The van der Waals surface area contributed by atoms with Crippen molar-refractivity contribution in [3.05, 3.63) is 137 Å². The van der Waals surface area contributed by atoms with Gasteiger partial charge in [-0.2, -0.15) is 5.26 Å². The van der Waals surface area contributed by atoms with E-state index < -0.39 is 11.8 Å². The third kappa shape index (κ3) is 8.30. The van der Waals surface area contributed by atoms with E-state index in [4.69, 9.17) is 4.74 Å². The first-order chi connectivity index (χ1) is 22.4. The Morgan fingerprint density at radius 2 is 1.61 bits per heavy atom. The van der Waals surface area contributed by atoms with Crippen molar-refractivity contribution in [2.75, 3.05) is 23.5 Å². The maximum Gasteiger partial charge on any atom is 0.272 e. The number of thiophene rings is 1. The van der Waals surface area contributed by atoms with E-state index in [2.05, 4.69) is 22.0 Å². The molecule has 5 aromatic rings. The molecule has 46 heavy (non-hydrogen) atoms. The van der Waals surface area contributed by atoms with Crippen molar-refractivity contribution in [2.45, 2.75) is 4.90 Å². The highest BCUT2D eigenvalue weighted by atomic mass is 32.2. The van der Waals surface area contributed by atoms with Gasteiger partial charge in [-0.05, 0) is 59.7 Å². The maximum absolute atomic E-state index is 13.4. The Morgan fingerprint density at radius 1 is 0.891 bits per heavy atom. The van der Waals surface area contributed by atoms with Crippen molar-refractivity contribution in [2.24, 2.45) is 0 Å². The molecule has 0 radical (unpaired) electrons. The fourth-order valence-electron chi connectivity index (χ4n) is 4.37. The zero-order valence-corrected chi connectivity index (χ0v) is 26.3. The average Bonchev–Trinajstić information content (AvgIpc) is 3.50. The van der Waals surface area contributed by atoms with Crippen LogP contribution in [0.4, 0.5) is 10.7 Å². The zero-order chi connectivity index (χ0) is 32.3. The minimum Gasteiger partial charge on any atom is -0.497 e.